The third kappa shape index (κ3) is 4.88. The molecule has 0 aliphatic carbocycles. The van der Waals surface area contributed by atoms with Gasteiger partial charge in [-0.2, -0.15) is 0 Å². The summed E-state index contributed by atoms with van der Waals surface area (Å²) in [6.07, 6.45) is 1.84. The number of hydrogen-bond donors (Lipinski definition) is 1. The molecular formula is C13H15ClO. The van der Waals surface area contributed by atoms with E-state index in [9.17, 15) is 5.11 Å². The van der Waals surface area contributed by atoms with Crippen molar-refractivity contribution in [1.82, 2.24) is 0 Å². The maximum Gasteiger partial charge on any atom is 0.0589 e. The maximum absolute atomic E-state index is 9.70. The standard InChI is InChI=1S/C13H15ClO/c1-2-3-4-5-13(15)10-11-6-8-12(14)9-7-11/h6-9,13,15H,4-5,10H2,1H3. The zero-order valence-corrected chi connectivity index (χ0v) is 9.59. The molecule has 0 aliphatic rings. The first-order chi connectivity index (χ1) is 7.22. The van der Waals surface area contributed by atoms with Crippen molar-refractivity contribution < 1.29 is 5.11 Å². The Morgan fingerprint density at radius 1 is 1.33 bits per heavy atom. The van der Waals surface area contributed by atoms with Crippen molar-refractivity contribution in [2.45, 2.75) is 32.3 Å². The van der Waals surface area contributed by atoms with E-state index in [-0.39, 0.29) is 6.10 Å². The van der Waals surface area contributed by atoms with Crippen LogP contribution in [0.3, 0.4) is 0 Å². The van der Waals surface area contributed by atoms with Crippen molar-refractivity contribution in [1.29, 1.82) is 0 Å². The van der Waals surface area contributed by atoms with Gasteiger partial charge in [-0.25, -0.2) is 0 Å². The van der Waals surface area contributed by atoms with Crippen molar-refractivity contribution in [2.24, 2.45) is 0 Å². The topological polar surface area (TPSA) is 20.2 Å². The van der Waals surface area contributed by atoms with Gasteiger partial charge in [0, 0.05) is 11.4 Å². The number of rotatable bonds is 4. The normalized spacial score (nSPS) is 11.7. The highest BCUT2D eigenvalue weighted by Gasteiger charge is 2.04. The van der Waals surface area contributed by atoms with Crippen LogP contribution >= 0.6 is 11.6 Å². The average molecular weight is 223 g/mol. The third-order valence-corrected chi connectivity index (χ3v) is 2.42. The lowest BCUT2D eigenvalue weighted by molar-refractivity contribution is 0.166. The van der Waals surface area contributed by atoms with Crippen LogP contribution in [0.25, 0.3) is 0 Å². The number of hydrogen-bond acceptors (Lipinski definition) is 1. The Morgan fingerprint density at radius 3 is 2.60 bits per heavy atom. The van der Waals surface area contributed by atoms with Crippen LogP contribution < -0.4 is 0 Å². The summed E-state index contributed by atoms with van der Waals surface area (Å²) in [5.41, 5.74) is 1.11. The minimum absolute atomic E-state index is 0.313. The molecule has 1 rings (SSSR count). The summed E-state index contributed by atoms with van der Waals surface area (Å²) in [5, 5.41) is 10.4. The van der Waals surface area contributed by atoms with Crippen LogP contribution in [0.5, 0.6) is 0 Å². The molecule has 0 spiro atoms. The van der Waals surface area contributed by atoms with Crippen molar-refractivity contribution in [3.05, 3.63) is 34.9 Å². The number of benzene rings is 1. The third-order valence-electron chi connectivity index (χ3n) is 2.16. The van der Waals surface area contributed by atoms with E-state index in [2.05, 4.69) is 11.8 Å². The lowest BCUT2D eigenvalue weighted by atomic mass is 10.0. The predicted molar refractivity (Wildman–Crippen MR) is 63.8 cm³/mol. The molecule has 1 atom stereocenters. The lowest BCUT2D eigenvalue weighted by Crippen LogP contribution is -2.09. The second-order valence-corrected chi connectivity index (χ2v) is 3.89. The molecule has 1 N–H and O–H groups in total. The Hall–Kier alpha value is -0.970. The molecule has 0 amide bonds. The van der Waals surface area contributed by atoms with E-state index in [1.807, 2.05) is 31.2 Å². The van der Waals surface area contributed by atoms with Gasteiger partial charge in [-0.15, -0.1) is 11.8 Å². The highest BCUT2D eigenvalue weighted by molar-refractivity contribution is 6.30. The van der Waals surface area contributed by atoms with E-state index in [0.29, 0.717) is 6.42 Å². The molecule has 80 valence electrons. The van der Waals surface area contributed by atoms with Crippen LogP contribution in [0.15, 0.2) is 24.3 Å². The van der Waals surface area contributed by atoms with Crippen molar-refractivity contribution in [3.63, 3.8) is 0 Å². The van der Waals surface area contributed by atoms with E-state index in [1.54, 1.807) is 0 Å². The smallest absolute Gasteiger partial charge is 0.0589 e. The molecule has 0 saturated carbocycles. The summed E-state index contributed by atoms with van der Waals surface area (Å²) in [7, 11) is 0. The summed E-state index contributed by atoms with van der Waals surface area (Å²) in [6, 6.07) is 7.57. The van der Waals surface area contributed by atoms with Gasteiger partial charge in [-0.1, -0.05) is 23.7 Å². The Balaban J connectivity index is 2.39. The van der Waals surface area contributed by atoms with E-state index < -0.39 is 0 Å². The lowest BCUT2D eigenvalue weighted by Gasteiger charge is -2.08. The molecule has 1 aromatic rings. The van der Waals surface area contributed by atoms with Gasteiger partial charge < -0.3 is 5.11 Å². The highest BCUT2D eigenvalue weighted by atomic mass is 35.5. The van der Waals surface area contributed by atoms with Crippen molar-refractivity contribution >= 4 is 11.6 Å². The summed E-state index contributed by atoms with van der Waals surface area (Å²) >= 11 is 5.77. The van der Waals surface area contributed by atoms with Gasteiger partial charge >= 0.3 is 0 Å². The number of halogens is 1. The van der Waals surface area contributed by atoms with Gasteiger partial charge in [0.15, 0.2) is 0 Å². The van der Waals surface area contributed by atoms with Gasteiger partial charge in [0.05, 0.1) is 6.10 Å². The van der Waals surface area contributed by atoms with Crippen molar-refractivity contribution in [3.8, 4) is 11.8 Å². The first-order valence-electron chi connectivity index (χ1n) is 5.04. The van der Waals surface area contributed by atoms with Crippen molar-refractivity contribution in [2.75, 3.05) is 0 Å². The van der Waals surface area contributed by atoms with Crippen LogP contribution in [0.2, 0.25) is 5.02 Å². The number of aliphatic hydroxyl groups excluding tert-OH is 1. The molecule has 0 aromatic heterocycles. The van der Waals surface area contributed by atoms with Gasteiger partial charge in [-0.05, 0) is 37.5 Å². The Labute approximate surface area is 96.1 Å². The molecule has 0 bridgehead atoms. The fourth-order valence-corrected chi connectivity index (χ4v) is 1.48. The fraction of sp³-hybridized carbons (Fsp3) is 0.385. The minimum Gasteiger partial charge on any atom is -0.393 e. The van der Waals surface area contributed by atoms with Crippen LogP contribution in [-0.2, 0) is 6.42 Å². The van der Waals surface area contributed by atoms with Crippen LogP contribution in [0.4, 0.5) is 0 Å². The van der Waals surface area contributed by atoms with Gasteiger partial charge in [0.1, 0.15) is 0 Å². The van der Waals surface area contributed by atoms with E-state index >= 15 is 0 Å². The quantitative estimate of drug-likeness (QED) is 0.777. The molecule has 0 aliphatic heterocycles. The molecule has 2 heteroatoms. The Morgan fingerprint density at radius 2 is 2.00 bits per heavy atom. The average Bonchev–Trinajstić information content (AvgIpc) is 2.22. The fourth-order valence-electron chi connectivity index (χ4n) is 1.36. The van der Waals surface area contributed by atoms with Crippen LogP contribution in [0.1, 0.15) is 25.3 Å². The molecule has 0 radical (unpaired) electrons. The van der Waals surface area contributed by atoms with E-state index in [1.165, 1.54) is 0 Å². The highest BCUT2D eigenvalue weighted by Crippen LogP contribution is 2.12. The first-order valence-corrected chi connectivity index (χ1v) is 5.42. The molecular weight excluding hydrogens is 208 g/mol. The molecule has 1 nitrogen and oxygen atoms in total. The summed E-state index contributed by atoms with van der Waals surface area (Å²) in [4.78, 5) is 0. The molecule has 0 fully saturated rings. The minimum atomic E-state index is -0.313. The van der Waals surface area contributed by atoms with Gasteiger partial charge in [0.25, 0.3) is 0 Å². The molecule has 15 heavy (non-hydrogen) atoms. The van der Waals surface area contributed by atoms with Gasteiger partial charge in [-0.3, -0.25) is 0 Å². The monoisotopic (exact) mass is 222 g/mol. The van der Waals surface area contributed by atoms with Crippen LogP contribution in [0, 0.1) is 11.8 Å². The van der Waals surface area contributed by atoms with E-state index in [4.69, 9.17) is 11.6 Å². The zero-order chi connectivity index (χ0) is 11.1. The first kappa shape index (κ1) is 12.1. The summed E-state index contributed by atoms with van der Waals surface area (Å²) < 4.78 is 0. The number of aliphatic hydroxyl groups is 1. The van der Waals surface area contributed by atoms with Gasteiger partial charge in [0.2, 0.25) is 0 Å². The Bertz CT molecular complexity index is 345. The molecule has 1 unspecified atom stereocenters. The molecule has 0 heterocycles. The van der Waals surface area contributed by atoms with Crippen LogP contribution in [-0.4, -0.2) is 11.2 Å². The zero-order valence-electron chi connectivity index (χ0n) is 8.83. The van der Waals surface area contributed by atoms with E-state index in [0.717, 1.165) is 23.4 Å². The Kier molecular flexibility index (Phi) is 5.25. The predicted octanol–water partition coefficient (Wildman–Crippen LogP) is 3.05. The SMILES string of the molecule is CC#CCCC(O)Cc1ccc(Cl)cc1. The molecule has 1 aromatic carbocycles. The maximum atomic E-state index is 9.70. The molecule has 0 saturated heterocycles. The second kappa shape index (κ2) is 6.50. The summed E-state index contributed by atoms with van der Waals surface area (Å²) in [6.45, 7) is 1.81. The summed E-state index contributed by atoms with van der Waals surface area (Å²) in [5.74, 6) is 5.76. The largest absolute Gasteiger partial charge is 0.393 e. The second-order valence-electron chi connectivity index (χ2n) is 3.45.